The smallest absolute Gasteiger partial charge is 0.266 e. The molecule has 0 spiro atoms. The van der Waals surface area contributed by atoms with Crippen LogP contribution in [0.1, 0.15) is 11.1 Å². The van der Waals surface area contributed by atoms with Crippen molar-refractivity contribution in [2.45, 2.75) is 6.42 Å². The van der Waals surface area contributed by atoms with Crippen molar-refractivity contribution >= 4 is 63.5 Å². The fourth-order valence-electron chi connectivity index (χ4n) is 2.72. The Kier molecular flexibility index (Phi) is 6.88. The zero-order chi connectivity index (χ0) is 20.3. The van der Waals surface area contributed by atoms with Gasteiger partial charge in [-0.15, -0.1) is 0 Å². The van der Waals surface area contributed by atoms with Crippen LogP contribution in [0.5, 0.6) is 11.5 Å². The van der Waals surface area contributed by atoms with Crippen molar-refractivity contribution in [3.05, 3.63) is 62.5 Å². The standard InChI is InChI=1S/C20H17Cl2NO3S2/c1-25-16-6-4-12(10-17(16)26-2)7-8-23-19(24)18(28-20(23)27)11-13-3-5-14(21)15(22)9-13/h3-6,9-11H,7-8H2,1-2H3. The molecule has 0 atom stereocenters. The summed E-state index contributed by atoms with van der Waals surface area (Å²) < 4.78 is 11.1. The third-order valence-corrected chi connectivity index (χ3v) is 6.30. The molecule has 4 nitrogen and oxygen atoms in total. The molecule has 0 bridgehead atoms. The number of benzene rings is 2. The molecule has 1 fully saturated rings. The Labute approximate surface area is 183 Å². The third-order valence-electron chi connectivity index (χ3n) is 4.19. The van der Waals surface area contributed by atoms with Crippen molar-refractivity contribution in [2.24, 2.45) is 0 Å². The number of hydrogen-bond donors (Lipinski definition) is 0. The Morgan fingerprint density at radius 1 is 1.07 bits per heavy atom. The minimum atomic E-state index is -0.110. The predicted octanol–water partition coefficient (Wildman–Crippen LogP) is 5.45. The lowest BCUT2D eigenvalue weighted by molar-refractivity contribution is -0.122. The molecule has 1 aliphatic heterocycles. The van der Waals surface area contributed by atoms with Crippen LogP contribution < -0.4 is 9.47 Å². The summed E-state index contributed by atoms with van der Waals surface area (Å²) in [5, 5.41) is 0.917. The third kappa shape index (κ3) is 4.63. The van der Waals surface area contributed by atoms with Crippen LogP contribution in [0.15, 0.2) is 41.3 Å². The summed E-state index contributed by atoms with van der Waals surface area (Å²) in [4.78, 5) is 14.9. The first-order chi connectivity index (χ1) is 13.4. The van der Waals surface area contributed by atoms with Gasteiger partial charge in [0.1, 0.15) is 4.32 Å². The van der Waals surface area contributed by atoms with E-state index < -0.39 is 0 Å². The molecule has 1 amide bonds. The molecule has 0 radical (unpaired) electrons. The van der Waals surface area contributed by atoms with Gasteiger partial charge in [-0.2, -0.15) is 0 Å². The monoisotopic (exact) mass is 453 g/mol. The largest absolute Gasteiger partial charge is 0.493 e. The quantitative estimate of drug-likeness (QED) is 0.429. The van der Waals surface area contributed by atoms with Crippen LogP contribution >= 0.6 is 47.2 Å². The van der Waals surface area contributed by atoms with Gasteiger partial charge in [-0.1, -0.05) is 59.3 Å². The Morgan fingerprint density at radius 3 is 2.50 bits per heavy atom. The number of ether oxygens (including phenoxy) is 2. The van der Waals surface area contributed by atoms with Crippen LogP contribution in [-0.4, -0.2) is 35.9 Å². The van der Waals surface area contributed by atoms with E-state index in [4.69, 9.17) is 44.9 Å². The molecular formula is C20H17Cl2NO3S2. The number of halogens is 2. The zero-order valence-corrected chi connectivity index (χ0v) is 18.3. The molecule has 1 heterocycles. The number of rotatable bonds is 6. The van der Waals surface area contributed by atoms with Gasteiger partial charge in [0.2, 0.25) is 0 Å². The highest BCUT2D eigenvalue weighted by Crippen LogP contribution is 2.34. The van der Waals surface area contributed by atoms with Crippen LogP contribution in [0.4, 0.5) is 0 Å². The fourth-order valence-corrected chi connectivity index (χ4v) is 4.34. The summed E-state index contributed by atoms with van der Waals surface area (Å²) in [5.41, 5.74) is 1.83. The average molecular weight is 454 g/mol. The van der Waals surface area contributed by atoms with Crippen molar-refractivity contribution in [1.82, 2.24) is 4.90 Å². The summed E-state index contributed by atoms with van der Waals surface area (Å²) >= 11 is 18.7. The van der Waals surface area contributed by atoms with Crippen molar-refractivity contribution in [1.29, 1.82) is 0 Å². The molecule has 0 aromatic heterocycles. The Hall–Kier alpha value is -1.73. The Bertz CT molecular complexity index is 962. The van der Waals surface area contributed by atoms with Crippen molar-refractivity contribution in [3.8, 4) is 11.5 Å². The van der Waals surface area contributed by atoms with E-state index >= 15 is 0 Å². The second kappa shape index (κ2) is 9.18. The molecule has 0 saturated carbocycles. The van der Waals surface area contributed by atoms with Crippen LogP contribution in [-0.2, 0) is 11.2 Å². The number of amides is 1. The number of carbonyl (C=O) groups excluding carboxylic acids is 1. The maximum atomic E-state index is 12.8. The lowest BCUT2D eigenvalue weighted by Gasteiger charge is -2.15. The van der Waals surface area contributed by atoms with E-state index in [0.29, 0.717) is 43.7 Å². The highest BCUT2D eigenvalue weighted by Gasteiger charge is 2.31. The highest BCUT2D eigenvalue weighted by molar-refractivity contribution is 8.26. The van der Waals surface area contributed by atoms with Gasteiger partial charge in [-0.05, 0) is 47.9 Å². The molecule has 3 rings (SSSR count). The van der Waals surface area contributed by atoms with Gasteiger partial charge in [0.05, 0.1) is 29.2 Å². The van der Waals surface area contributed by atoms with Crippen LogP contribution in [0.2, 0.25) is 10.0 Å². The van der Waals surface area contributed by atoms with Crippen LogP contribution in [0.25, 0.3) is 6.08 Å². The van der Waals surface area contributed by atoms with Gasteiger partial charge in [0.15, 0.2) is 11.5 Å². The zero-order valence-electron chi connectivity index (χ0n) is 15.2. The maximum absolute atomic E-state index is 12.8. The van der Waals surface area contributed by atoms with E-state index in [0.717, 1.165) is 11.1 Å². The van der Waals surface area contributed by atoms with Crippen molar-refractivity contribution in [3.63, 3.8) is 0 Å². The van der Waals surface area contributed by atoms with Gasteiger partial charge >= 0.3 is 0 Å². The lowest BCUT2D eigenvalue weighted by Crippen LogP contribution is -2.30. The van der Waals surface area contributed by atoms with E-state index in [1.807, 2.05) is 24.3 Å². The van der Waals surface area contributed by atoms with Gasteiger partial charge in [-0.3, -0.25) is 9.69 Å². The first kappa shape index (κ1) is 21.0. The normalized spacial score (nSPS) is 15.4. The van der Waals surface area contributed by atoms with Crippen molar-refractivity contribution in [2.75, 3.05) is 20.8 Å². The molecule has 2 aromatic carbocycles. The summed E-state index contributed by atoms with van der Waals surface area (Å²) in [6, 6.07) is 10.9. The van der Waals surface area contributed by atoms with Gasteiger partial charge in [0.25, 0.3) is 5.91 Å². The minimum absolute atomic E-state index is 0.110. The van der Waals surface area contributed by atoms with Gasteiger partial charge in [-0.25, -0.2) is 0 Å². The second-order valence-electron chi connectivity index (χ2n) is 5.95. The molecule has 0 unspecified atom stereocenters. The topological polar surface area (TPSA) is 38.8 Å². The van der Waals surface area contributed by atoms with Crippen LogP contribution in [0, 0.1) is 0 Å². The molecule has 1 aliphatic rings. The number of nitrogens with zero attached hydrogens (tertiary/aromatic N) is 1. The minimum Gasteiger partial charge on any atom is -0.493 e. The van der Waals surface area contributed by atoms with E-state index in [2.05, 4.69) is 0 Å². The second-order valence-corrected chi connectivity index (χ2v) is 8.44. The number of thiocarbonyl (C=S) groups is 1. The summed E-state index contributed by atoms with van der Waals surface area (Å²) in [6.45, 7) is 0.485. The van der Waals surface area contributed by atoms with Gasteiger partial charge < -0.3 is 9.47 Å². The van der Waals surface area contributed by atoms with Crippen LogP contribution in [0.3, 0.4) is 0 Å². The molecule has 0 N–H and O–H groups in total. The first-order valence-corrected chi connectivity index (χ1v) is 10.3. The Balaban J connectivity index is 1.72. The Morgan fingerprint density at radius 2 is 1.82 bits per heavy atom. The number of thioether (sulfide) groups is 1. The number of hydrogen-bond acceptors (Lipinski definition) is 5. The average Bonchev–Trinajstić information content (AvgIpc) is 2.95. The van der Waals surface area contributed by atoms with E-state index in [9.17, 15) is 4.79 Å². The predicted molar refractivity (Wildman–Crippen MR) is 120 cm³/mol. The van der Waals surface area contributed by atoms with E-state index in [-0.39, 0.29) is 5.91 Å². The number of methoxy groups -OCH3 is 2. The summed E-state index contributed by atoms with van der Waals surface area (Å²) in [6.07, 6.45) is 2.42. The fraction of sp³-hybridized carbons (Fsp3) is 0.200. The van der Waals surface area contributed by atoms with Crippen molar-refractivity contribution < 1.29 is 14.3 Å². The molecular weight excluding hydrogens is 437 g/mol. The first-order valence-electron chi connectivity index (χ1n) is 8.34. The number of carbonyl (C=O) groups is 1. The molecule has 146 valence electrons. The molecule has 1 saturated heterocycles. The molecule has 2 aromatic rings. The van der Waals surface area contributed by atoms with E-state index in [1.165, 1.54) is 11.8 Å². The summed E-state index contributed by atoms with van der Waals surface area (Å²) in [5.74, 6) is 1.22. The lowest BCUT2D eigenvalue weighted by atomic mass is 10.1. The SMILES string of the molecule is COc1ccc(CCN2C(=O)C(=Cc3ccc(Cl)c(Cl)c3)SC2=S)cc1OC. The molecule has 0 aliphatic carbocycles. The maximum Gasteiger partial charge on any atom is 0.266 e. The molecule has 8 heteroatoms. The van der Waals surface area contributed by atoms with Gasteiger partial charge in [0, 0.05) is 6.54 Å². The van der Waals surface area contributed by atoms with E-state index in [1.54, 1.807) is 37.3 Å². The highest BCUT2D eigenvalue weighted by atomic mass is 35.5. The molecule has 28 heavy (non-hydrogen) atoms. The summed E-state index contributed by atoms with van der Waals surface area (Å²) in [7, 11) is 3.19.